The number of amides is 3. The molecule has 0 spiro atoms. The minimum atomic E-state index is -0.00265. The van der Waals surface area contributed by atoms with Gasteiger partial charge in [-0.1, -0.05) is 25.3 Å². The molecule has 1 aromatic rings. The Morgan fingerprint density at radius 1 is 1.04 bits per heavy atom. The SMILES string of the molecule is Cc1ccc(N)cc1C(=O)N1CCN(C(=O)NC2CCCCC2)CC1.Cl. The number of carbonyl (C=O) groups excluding carboxylic acids is 2. The highest BCUT2D eigenvalue weighted by molar-refractivity contribution is 5.96. The molecule has 0 aromatic heterocycles. The smallest absolute Gasteiger partial charge is 0.317 e. The zero-order valence-electron chi connectivity index (χ0n) is 15.4. The molecule has 144 valence electrons. The molecule has 0 unspecified atom stereocenters. The summed E-state index contributed by atoms with van der Waals surface area (Å²) in [4.78, 5) is 28.8. The van der Waals surface area contributed by atoms with Gasteiger partial charge in [-0.2, -0.15) is 0 Å². The first kappa shape index (κ1) is 20.4. The van der Waals surface area contributed by atoms with Gasteiger partial charge in [-0.15, -0.1) is 12.4 Å². The summed E-state index contributed by atoms with van der Waals surface area (Å²) in [6.07, 6.45) is 5.84. The number of carbonyl (C=O) groups is 2. The quantitative estimate of drug-likeness (QED) is 0.774. The van der Waals surface area contributed by atoms with Crippen molar-refractivity contribution in [3.8, 4) is 0 Å². The van der Waals surface area contributed by atoms with Crippen LogP contribution in [0.2, 0.25) is 0 Å². The summed E-state index contributed by atoms with van der Waals surface area (Å²) in [5.41, 5.74) is 7.99. The second kappa shape index (κ2) is 9.12. The summed E-state index contributed by atoms with van der Waals surface area (Å²) in [6.45, 7) is 4.19. The molecule has 1 saturated heterocycles. The predicted molar refractivity (Wildman–Crippen MR) is 106 cm³/mol. The van der Waals surface area contributed by atoms with Crippen molar-refractivity contribution in [2.75, 3.05) is 31.9 Å². The molecule has 3 N–H and O–H groups in total. The van der Waals surface area contributed by atoms with Crippen LogP contribution in [-0.4, -0.2) is 54.0 Å². The summed E-state index contributed by atoms with van der Waals surface area (Å²) in [5, 5.41) is 3.15. The van der Waals surface area contributed by atoms with Crippen LogP contribution < -0.4 is 11.1 Å². The van der Waals surface area contributed by atoms with E-state index in [1.54, 1.807) is 12.1 Å². The van der Waals surface area contributed by atoms with Crippen molar-refractivity contribution in [3.05, 3.63) is 29.3 Å². The average Bonchev–Trinajstić information content (AvgIpc) is 2.64. The van der Waals surface area contributed by atoms with Gasteiger partial charge in [0.25, 0.3) is 5.91 Å². The number of nitrogen functional groups attached to an aromatic ring is 1. The fraction of sp³-hybridized carbons (Fsp3) is 0.579. The molecule has 2 aliphatic rings. The number of halogens is 1. The van der Waals surface area contributed by atoms with Gasteiger partial charge in [0.15, 0.2) is 0 Å². The normalized spacial score (nSPS) is 18.2. The van der Waals surface area contributed by atoms with Crippen LogP contribution in [-0.2, 0) is 0 Å². The Morgan fingerprint density at radius 3 is 2.31 bits per heavy atom. The number of nitrogens with one attached hydrogen (secondary N) is 1. The highest BCUT2D eigenvalue weighted by atomic mass is 35.5. The second-order valence-electron chi connectivity index (χ2n) is 7.14. The predicted octanol–water partition coefficient (Wildman–Crippen LogP) is 2.80. The first-order chi connectivity index (χ1) is 12.0. The first-order valence-corrected chi connectivity index (χ1v) is 9.25. The fourth-order valence-corrected chi connectivity index (χ4v) is 3.67. The van der Waals surface area contributed by atoms with Crippen LogP contribution in [0.15, 0.2) is 18.2 Å². The van der Waals surface area contributed by atoms with E-state index < -0.39 is 0 Å². The van der Waals surface area contributed by atoms with E-state index in [-0.39, 0.29) is 24.3 Å². The maximum Gasteiger partial charge on any atom is 0.317 e. The lowest BCUT2D eigenvalue weighted by atomic mass is 9.96. The zero-order valence-corrected chi connectivity index (χ0v) is 16.2. The topological polar surface area (TPSA) is 78.7 Å². The van der Waals surface area contributed by atoms with Crippen molar-refractivity contribution in [1.29, 1.82) is 0 Å². The van der Waals surface area contributed by atoms with Crippen LogP contribution in [0.25, 0.3) is 0 Å². The van der Waals surface area contributed by atoms with Crippen LogP contribution in [0.4, 0.5) is 10.5 Å². The Bertz CT molecular complexity index is 638. The third-order valence-corrected chi connectivity index (χ3v) is 5.28. The van der Waals surface area contributed by atoms with Gasteiger partial charge >= 0.3 is 6.03 Å². The van der Waals surface area contributed by atoms with Crippen LogP contribution >= 0.6 is 12.4 Å². The monoisotopic (exact) mass is 380 g/mol. The maximum absolute atomic E-state index is 12.7. The van der Waals surface area contributed by atoms with Crippen LogP contribution in [0.1, 0.15) is 48.0 Å². The number of benzene rings is 1. The number of nitrogens with zero attached hydrogens (tertiary/aromatic N) is 2. The maximum atomic E-state index is 12.7. The largest absolute Gasteiger partial charge is 0.399 e. The van der Waals surface area contributed by atoms with Crippen molar-refractivity contribution in [2.24, 2.45) is 0 Å². The van der Waals surface area contributed by atoms with Crippen LogP contribution in [0, 0.1) is 6.92 Å². The molecule has 3 amide bonds. The number of urea groups is 1. The van der Waals surface area contributed by atoms with Crippen molar-refractivity contribution in [2.45, 2.75) is 45.1 Å². The molecule has 6 nitrogen and oxygen atoms in total. The molecule has 1 aromatic carbocycles. The molecule has 1 aliphatic carbocycles. The lowest BCUT2D eigenvalue weighted by Gasteiger charge is -2.36. The van der Waals surface area contributed by atoms with E-state index in [9.17, 15) is 9.59 Å². The number of hydrogen-bond donors (Lipinski definition) is 2. The first-order valence-electron chi connectivity index (χ1n) is 9.25. The van der Waals surface area contributed by atoms with Crippen LogP contribution in [0.5, 0.6) is 0 Å². The third kappa shape index (κ3) is 4.81. The zero-order chi connectivity index (χ0) is 17.8. The molecule has 1 heterocycles. The Labute approximate surface area is 161 Å². The van der Waals surface area contributed by atoms with E-state index in [1.165, 1.54) is 19.3 Å². The van der Waals surface area contributed by atoms with E-state index in [1.807, 2.05) is 22.8 Å². The minimum absolute atomic E-state index is 0. The molecule has 26 heavy (non-hydrogen) atoms. The van der Waals surface area contributed by atoms with Gasteiger partial charge in [-0.25, -0.2) is 4.79 Å². The fourth-order valence-electron chi connectivity index (χ4n) is 3.67. The lowest BCUT2D eigenvalue weighted by molar-refractivity contribution is 0.0662. The third-order valence-electron chi connectivity index (χ3n) is 5.28. The Balaban J connectivity index is 0.00000243. The Morgan fingerprint density at radius 2 is 1.65 bits per heavy atom. The molecule has 1 aliphatic heterocycles. The molecule has 1 saturated carbocycles. The highest BCUT2D eigenvalue weighted by Gasteiger charge is 2.27. The van der Waals surface area contributed by atoms with E-state index >= 15 is 0 Å². The van der Waals surface area contributed by atoms with Gasteiger partial charge < -0.3 is 20.9 Å². The van der Waals surface area contributed by atoms with E-state index in [4.69, 9.17) is 5.73 Å². The van der Waals surface area contributed by atoms with E-state index in [2.05, 4.69) is 5.32 Å². The summed E-state index contributed by atoms with van der Waals surface area (Å²) in [5.74, 6) is -0.00265. The van der Waals surface area contributed by atoms with Crippen molar-refractivity contribution in [1.82, 2.24) is 15.1 Å². The molecular weight excluding hydrogens is 352 g/mol. The van der Waals surface area contributed by atoms with Crippen molar-refractivity contribution in [3.63, 3.8) is 0 Å². The number of aryl methyl sites for hydroxylation is 1. The van der Waals surface area contributed by atoms with Crippen LogP contribution in [0.3, 0.4) is 0 Å². The lowest BCUT2D eigenvalue weighted by Crippen LogP contribution is -2.54. The molecular formula is C19H29ClN4O2. The Hall–Kier alpha value is -1.95. The molecule has 2 fully saturated rings. The van der Waals surface area contributed by atoms with Gasteiger partial charge in [0, 0.05) is 43.5 Å². The summed E-state index contributed by atoms with van der Waals surface area (Å²) >= 11 is 0. The van der Waals surface area contributed by atoms with E-state index in [0.29, 0.717) is 43.5 Å². The van der Waals surface area contributed by atoms with Gasteiger partial charge in [0.05, 0.1) is 0 Å². The minimum Gasteiger partial charge on any atom is -0.399 e. The van der Waals surface area contributed by atoms with Crippen molar-refractivity contribution >= 4 is 30.0 Å². The summed E-state index contributed by atoms with van der Waals surface area (Å²) in [7, 11) is 0. The number of nitrogens with two attached hydrogens (primary N) is 1. The van der Waals surface area contributed by atoms with Gasteiger partial charge in [-0.05, 0) is 37.5 Å². The number of rotatable bonds is 2. The van der Waals surface area contributed by atoms with Gasteiger partial charge in [-0.3, -0.25) is 4.79 Å². The molecule has 0 bridgehead atoms. The highest BCUT2D eigenvalue weighted by Crippen LogP contribution is 2.19. The number of anilines is 1. The summed E-state index contributed by atoms with van der Waals surface area (Å²) in [6, 6.07) is 5.74. The number of hydrogen-bond acceptors (Lipinski definition) is 3. The van der Waals surface area contributed by atoms with Crippen molar-refractivity contribution < 1.29 is 9.59 Å². The molecule has 0 radical (unpaired) electrons. The molecule has 3 rings (SSSR count). The standard InChI is InChI=1S/C19H28N4O2.ClH/c1-14-7-8-15(20)13-17(14)18(24)22-9-11-23(12-10-22)19(25)21-16-5-3-2-4-6-16;/h7-8,13,16H,2-6,9-12,20H2,1H3,(H,21,25);1H. The summed E-state index contributed by atoms with van der Waals surface area (Å²) < 4.78 is 0. The Kier molecular flexibility index (Phi) is 7.14. The molecule has 7 heteroatoms. The van der Waals surface area contributed by atoms with Gasteiger partial charge in [0.2, 0.25) is 0 Å². The van der Waals surface area contributed by atoms with Gasteiger partial charge in [0.1, 0.15) is 0 Å². The van der Waals surface area contributed by atoms with E-state index in [0.717, 1.165) is 18.4 Å². The average molecular weight is 381 g/mol. The molecule has 0 atom stereocenters. The number of piperazine rings is 1. The second-order valence-corrected chi connectivity index (χ2v) is 7.14.